The SMILES string of the molecule is Cl.Cl.NC[C@H]1CC[C@@H](C(=O)NCc2ccccc2OCCN2CCOCC2)O1. The molecule has 2 fully saturated rings. The summed E-state index contributed by atoms with van der Waals surface area (Å²) in [4.78, 5) is 14.6. The van der Waals surface area contributed by atoms with Gasteiger partial charge in [-0.1, -0.05) is 18.2 Å². The van der Waals surface area contributed by atoms with Gasteiger partial charge >= 0.3 is 0 Å². The number of para-hydroxylation sites is 1. The smallest absolute Gasteiger partial charge is 0.249 e. The normalized spacial score (nSPS) is 22.0. The van der Waals surface area contributed by atoms with E-state index >= 15 is 0 Å². The number of carbonyl (C=O) groups excluding carboxylic acids is 1. The van der Waals surface area contributed by atoms with Crippen molar-refractivity contribution >= 4 is 30.7 Å². The third-order valence-corrected chi connectivity index (χ3v) is 4.86. The molecule has 2 heterocycles. The summed E-state index contributed by atoms with van der Waals surface area (Å²) in [7, 11) is 0. The first-order valence-electron chi connectivity index (χ1n) is 9.40. The fraction of sp³-hybridized carbons (Fsp3) is 0.632. The number of nitrogens with two attached hydrogens (primary N) is 1. The van der Waals surface area contributed by atoms with Crippen LogP contribution in [0.5, 0.6) is 5.75 Å². The van der Waals surface area contributed by atoms with E-state index in [1.165, 1.54) is 0 Å². The van der Waals surface area contributed by atoms with Gasteiger partial charge in [0.15, 0.2) is 0 Å². The lowest BCUT2D eigenvalue weighted by atomic mass is 10.1. The van der Waals surface area contributed by atoms with E-state index < -0.39 is 6.10 Å². The van der Waals surface area contributed by atoms with Gasteiger partial charge in [0.2, 0.25) is 5.91 Å². The molecule has 0 bridgehead atoms. The molecule has 0 aromatic heterocycles. The minimum absolute atomic E-state index is 0. The van der Waals surface area contributed by atoms with Crippen molar-refractivity contribution in [2.24, 2.45) is 5.73 Å². The number of halogens is 2. The van der Waals surface area contributed by atoms with Gasteiger partial charge in [-0.2, -0.15) is 0 Å². The Hall–Kier alpha value is -1.09. The molecule has 2 atom stereocenters. The van der Waals surface area contributed by atoms with Gasteiger partial charge in [-0.25, -0.2) is 0 Å². The molecule has 2 aliphatic rings. The zero-order valence-corrected chi connectivity index (χ0v) is 17.6. The van der Waals surface area contributed by atoms with E-state index in [2.05, 4.69) is 10.2 Å². The molecule has 2 saturated heterocycles. The number of benzene rings is 1. The Bertz CT molecular complexity index is 588. The highest BCUT2D eigenvalue weighted by Crippen LogP contribution is 2.20. The van der Waals surface area contributed by atoms with Crippen LogP contribution >= 0.6 is 24.8 Å². The summed E-state index contributed by atoms with van der Waals surface area (Å²) in [5.74, 6) is 0.734. The average Bonchev–Trinajstić information content (AvgIpc) is 3.17. The van der Waals surface area contributed by atoms with Gasteiger partial charge in [-0.05, 0) is 18.9 Å². The maximum absolute atomic E-state index is 12.3. The van der Waals surface area contributed by atoms with E-state index in [4.69, 9.17) is 19.9 Å². The second kappa shape index (κ2) is 13.2. The van der Waals surface area contributed by atoms with Crippen molar-refractivity contribution in [3.05, 3.63) is 29.8 Å². The maximum Gasteiger partial charge on any atom is 0.249 e. The number of morpholine rings is 1. The first kappa shape index (κ1) is 24.9. The monoisotopic (exact) mass is 435 g/mol. The topological polar surface area (TPSA) is 86.1 Å². The minimum atomic E-state index is -0.391. The van der Waals surface area contributed by atoms with Gasteiger partial charge in [-0.15, -0.1) is 24.8 Å². The van der Waals surface area contributed by atoms with E-state index in [0.29, 0.717) is 19.7 Å². The molecule has 160 valence electrons. The fourth-order valence-electron chi connectivity index (χ4n) is 3.27. The predicted molar refractivity (Wildman–Crippen MR) is 112 cm³/mol. The van der Waals surface area contributed by atoms with E-state index in [1.54, 1.807) is 0 Å². The van der Waals surface area contributed by atoms with Gasteiger partial charge in [0.05, 0.1) is 19.3 Å². The van der Waals surface area contributed by atoms with Crippen LogP contribution in [-0.4, -0.2) is 69.0 Å². The van der Waals surface area contributed by atoms with Crippen molar-refractivity contribution < 1.29 is 19.0 Å². The lowest BCUT2D eigenvalue weighted by Crippen LogP contribution is -2.38. The maximum atomic E-state index is 12.3. The van der Waals surface area contributed by atoms with Crippen LogP contribution in [0.4, 0.5) is 0 Å². The third kappa shape index (κ3) is 7.39. The summed E-state index contributed by atoms with van der Waals surface area (Å²) in [5, 5.41) is 2.95. The van der Waals surface area contributed by atoms with Crippen molar-refractivity contribution in [1.29, 1.82) is 0 Å². The number of amides is 1. The van der Waals surface area contributed by atoms with Crippen LogP contribution in [0.15, 0.2) is 24.3 Å². The number of ether oxygens (including phenoxy) is 3. The van der Waals surface area contributed by atoms with Crippen LogP contribution in [0, 0.1) is 0 Å². The van der Waals surface area contributed by atoms with Crippen molar-refractivity contribution in [2.45, 2.75) is 31.6 Å². The van der Waals surface area contributed by atoms with Crippen LogP contribution in [0.2, 0.25) is 0 Å². The standard InChI is InChI=1S/C19H29N3O4.2ClH/c20-13-16-5-6-18(26-16)19(23)21-14-15-3-1-2-4-17(15)25-12-9-22-7-10-24-11-8-22;;/h1-4,16,18H,5-14,20H2,(H,21,23);2*1H/t16-,18+;;/m1../s1. The molecule has 1 aromatic rings. The number of rotatable bonds is 8. The van der Waals surface area contributed by atoms with Gasteiger partial charge in [0.1, 0.15) is 18.5 Å². The van der Waals surface area contributed by atoms with Crippen LogP contribution in [0.25, 0.3) is 0 Å². The van der Waals surface area contributed by atoms with E-state index in [9.17, 15) is 4.79 Å². The second-order valence-electron chi connectivity index (χ2n) is 6.69. The van der Waals surface area contributed by atoms with Gasteiger partial charge in [0, 0.05) is 38.3 Å². The molecule has 3 N–H and O–H groups in total. The molecular weight excluding hydrogens is 405 g/mol. The lowest BCUT2D eigenvalue weighted by molar-refractivity contribution is -0.132. The molecule has 3 rings (SSSR count). The molecule has 1 aromatic carbocycles. The molecular formula is C19H31Cl2N3O4. The van der Waals surface area contributed by atoms with E-state index in [-0.39, 0.29) is 36.8 Å². The zero-order chi connectivity index (χ0) is 18.2. The molecule has 0 spiro atoms. The van der Waals surface area contributed by atoms with E-state index in [0.717, 1.165) is 57.0 Å². The molecule has 0 unspecified atom stereocenters. The second-order valence-corrected chi connectivity index (χ2v) is 6.69. The summed E-state index contributed by atoms with van der Waals surface area (Å²) >= 11 is 0. The van der Waals surface area contributed by atoms with Crippen molar-refractivity contribution in [3.8, 4) is 5.75 Å². The summed E-state index contributed by atoms with van der Waals surface area (Å²) in [6, 6.07) is 7.81. The molecule has 9 heteroatoms. The largest absolute Gasteiger partial charge is 0.492 e. The summed E-state index contributed by atoms with van der Waals surface area (Å²) < 4.78 is 16.9. The van der Waals surface area contributed by atoms with Crippen LogP contribution in [0.3, 0.4) is 0 Å². The van der Waals surface area contributed by atoms with Crippen molar-refractivity contribution in [1.82, 2.24) is 10.2 Å². The number of hydrogen-bond donors (Lipinski definition) is 2. The Morgan fingerprint density at radius 2 is 1.96 bits per heavy atom. The Balaban J connectivity index is 0.00000196. The molecule has 0 radical (unpaired) electrons. The number of nitrogens with one attached hydrogen (secondary N) is 1. The summed E-state index contributed by atoms with van der Waals surface area (Å²) in [6.45, 7) is 5.87. The Morgan fingerprint density at radius 1 is 1.21 bits per heavy atom. The summed E-state index contributed by atoms with van der Waals surface area (Å²) in [6.07, 6.45) is 1.18. The first-order valence-corrected chi connectivity index (χ1v) is 9.40. The highest BCUT2D eigenvalue weighted by atomic mass is 35.5. The molecule has 7 nitrogen and oxygen atoms in total. The number of carbonyl (C=O) groups is 1. The first-order chi connectivity index (χ1) is 12.8. The van der Waals surface area contributed by atoms with Crippen LogP contribution in [-0.2, 0) is 20.8 Å². The van der Waals surface area contributed by atoms with Gasteiger partial charge in [0.25, 0.3) is 0 Å². The van der Waals surface area contributed by atoms with Crippen LogP contribution < -0.4 is 15.8 Å². The Labute approximate surface area is 179 Å². The Morgan fingerprint density at radius 3 is 2.68 bits per heavy atom. The quantitative estimate of drug-likeness (QED) is 0.640. The Kier molecular flexibility index (Phi) is 11.8. The minimum Gasteiger partial charge on any atom is -0.492 e. The van der Waals surface area contributed by atoms with Gasteiger partial charge in [-0.3, -0.25) is 9.69 Å². The van der Waals surface area contributed by atoms with Gasteiger partial charge < -0.3 is 25.3 Å². The number of nitrogens with zero attached hydrogens (tertiary/aromatic N) is 1. The molecule has 0 aliphatic carbocycles. The lowest BCUT2D eigenvalue weighted by Gasteiger charge is -2.26. The highest BCUT2D eigenvalue weighted by Gasteiger charge is 2.29. The molecule has 2 aliphatic heterocycles. The predicted octanol–water partition coefficient (Wildman–Crippen LogP) is 1.36. The molecule has 0 saturated carbocycles. The zero-order valence-electron chi connectivity index (χ0n) is 16.0. The van der Waals surface area contributed by atoms with Crippen molar-refractivity contribution in [3.63, 3.8) is 0 Å². The number of hydrogen-bond acceptors (Lipinski definition) is 6. The average molecular weight is 436 g/mol. The fourth-order valence-corrected chi connectivity index (χ4v) is 3.27. The summed E-state index contributed by atoms with van der Waals surface area (Å²) in [5.41, 5.74) is 6.57. The van der Waals surface area contributed by atoms with Crippen molar-refractivity contribution in [2.75, 3.05) is 46.0 Å². The molecule has 1 amide bonds. The highest BCUT2D eigenvalue weighted by molar-refractivity contribution is 5.85. The van der Waals surface area contributed by atoms with Crippen LogP contribution in [0.1, 0.15) is 18.4 Å². The van der Waals surface area contributed by atoms with E-state index in [1.807, 2.05) is 24.3 Å². The molecule has 28 heavy (non-hydrogen) atoms. The third-order valence-electron chi connectivity index (χ3n) is 4.86.